The lowest BCUT2D eigenvalue weighted by Gasteiger charge is -2.22. The van der Waals surface area contributed by atoms with Crippen LogP contribution in [0.4, 0.5) is 8.78 Å². The average molecular weight is 257 g/mol. The van der Waals surface area contributed by atoms with Crippen molar-refractivity contribution < 1.29 is 18.1 Å². The van der Waals surface area contributed by atoms with Gasteiger partial charge in [0.25, 0.3) is 5.91 Å². The first kappa shape index (κ1) is 15.5. The highest BCUT2D eigenvalue weighted by molar-refractivity contribution is 7.58. The van der Waals surface area contributed by atoms with E-state index in [2.05, 4.69) is 10.2 Å². The molecule has 0 saturated heterocycles. The molecule has 0 atom stereocenters. The molecule has 0 aromatic carbocycles. The van der Waals surface area contributed by atoms with Gasteiger partial charge in [-0.2, -0.15) is 8.78 Å². The number of carbonyl (C=O) groups excluding carboxylic acids is 1. The third-order valence-corrected chi connectivity index (χ3v) is 3.84. The molecular weight excluding hydrogens is 239 g/mol. The standard InChI is InChI=1S/C8H18F2N3O2P/c1-4-8(9,10)7(14)13-16(15,11-5-2)12-6-3/h4-6H2,1-3H3,(H3,11,12,13,14,15). The van der Waals surface area contributed by atoms with Crippen molar-refractivity contribution in [3.05, 3.63) is 0 Å². The zero-order chi connectivity index (χ0) is 12.8. The van der Waals surface area contributed by atoms with Crippen molar-refractivity contribution in [2.24, 2.45) is 0 Å². The topological polar surface area (TPSA) is 70.2 Å². The molecule has 0 aromatic rings. The lowest BCUT2D eigenvalue weighted by Crippen LogP contribution is -2.43. The van der Waals surface area contributed by atoms with E-state index >= 15 is 0 Å². The number of amides is 1. The third-order valence-electron chi connectivity index (χ3n) is 1.80. The van der Waals surface area contributed by atoms with Gasteiger partial charge in [-0.1, -0.05) is 20.8 Å². The van der Waals surface area contributed by atoms with Crippen LogP contribution >= 0.6 is 7.59 Å². The Balaban J connectivity index is 4.64. The smallest absolute Gasteiger partial charge is 0.278 e. The Hall–Kier alpha value is -0.520. The number of halogens is 2. The Kier molecular flexibility index (Phi) is 6.07. The van der Waals surface area contributed by atoms with Gasteiger partial charge in [0.1, 0.15) is 0 Å². The fourth-order valence-corrected chi connectivity index (χ4v) is 2.58. The average Bonchev–Trinajstić information content (AvgIpc) is 2.18. The highest BCUT2D eigenvalue weighted by Crippen LogP contribution is 2.32. The van der Waals surface area contributed by atoms with Crippen molar-refractivity contribution in [3.8, 4) is 0 Å². The summed E-state index contributed by atoms with van der Waals surface area (Å²) < 4.78 is 37.8. The number of nitrogens with one attached hydrogen (secondary N) is 3. The normalized spacial score (nSPS) is 12.6. The summed E-state index contributed by atoms with van der Waals surface area (Å²) in [5.41, 5.74) is 0. The molecule has 0 aliphatic rings. The Morgan fingerprint density at radius 3 is 1.94 bits per heavy atom. The maximum atomic E-state index is 13.0. The van der Waals surface area contributed by atoms with E-state index in [9.17, 15) is 18.1 Å². The quantitative estimate of drug-likeness (QED) is 0.604. The van der Waals surface area contributed by atoms with Crippen LogP contribution < -0.4 is 15.3 Å². The van der Waals surface area contributed by atoms with Crippen LogP contribution in [0, 0.1) is 0 Å². The van der Waals surface area contributed by atoms with Crippen LogP contribution in [0.5, 0.6) is 0 Å². The van der Waals surface area contributed by atoms with E-state index in [-0.39, 0.29) is 0 Å². The summed E-state index contributed by atoms with van der Waals surface area (Å²) >= 11 is 0. The molecule has 0 rings (SSSR count). The second kappa shape index (κ2) is 6.27. The van der Waals surface area contributed by atoms with E-state index in [0.717, 1.165) is 0 Å². The third kappa shape index (κ3) is 4.55. The van der Waals surface area contributed by atoms with E-state index in [1.807, 2.05) is 5.09 Å². The number of hydrogen-bond donors (Lipinski definition) is 3. The maximum Gasteiger partial charge on any atom is 0.324 e. The van der Waals surface area contributed by atoms with Crippen molar-refractivity contribution in [3.63, 3.8) is 0 Å². The first-order valence-corrected chi connectivity index (χ1v) is 6.82. The maximum absolute atomic E-state index is 13.0. The first-order valence-electron chi connectivity index (χ1n) is 5.12. The second-order valence-corrected chi connectivity index (χ2v) is 5.21. The predicted molar refractivity (Wildman–Crippen MR) is 58.3 cm³/mol. The lowest BCUT2D eigenvalue weighted by molar-refractivity contribution is -0.143. The van der Waals surface area contributed by atoms with Crippen LogP contribution in [0.15, 0.2) is 0 Å². The fourth-order valence-electron chi connectivity index (χ4n) is 0.966. The molecule has 96 valence electrons. The molecular formula is C8H18F2N3O2P. The number of rotatable bonds is 7. The Bertz CT molecular complexity index is 276. The molecule has 0 unspecified atom stereocenters. The Morgan fingerprint density at radius 1 is 1.19 bits per heavy atom. The van der Waals surface area contributed by atoms with Gasteiger partial charge in [0, 0.05) is 19.5 Å². The zero-order valence-electron chi connectivity index (χ0n) is 9.64. The summed E-state index contributed by atoms with van der Waals surface area (Å²) in [6.45, 7) is 5.09. The van der Waals surface area contributed by atoms with Gasteiger partial charge in [0.15, 0.2) is 0 Å². The Morgan fingerprint density at radius 2 is 1.62 bits per heavy atom. The monoisotopic (exact) mass is 257 g/mol. The molecule has 8 heteroatoms. The van der Waals surface area contributed by atoms with E-state index in [0.29, 0.717) is 13.1 Å². The molecule has 0 aromatic heterocycles. The minimum atomic E-state index is -3.50. The summed E-state index contributed by atoms with van der Waals surface area (Å²) in [5, 5.41) is 6.76. The molecule has 0 heterocycles. The van der Waals surface area contributed by atoms with E-state index in [1.54, 1.807) is 13.8 Å². The molecule has 0 aliphatic heterocycles. The molecule has 0 fully saturated rings. The molecule has 0 bridgehead atoms. The van der Waals surface area contributed by atoms with Crippen LogP contribution in [0.1, 0.15) is 27.2 Å². The minimum absolute atomic E-state index is 0.294. The number of alkyl halides is 2. The van der Waals surface area contributed by atoms with Gasteiger partial charge < -0.3 is 0 Å². The largest absolute Gasteiger partial charge is 0.324 e. The molecule has 1 amide bonds. The van der Waals surface area contributed by atoms with Crippen LogP contribution in [0.3, 0.4) is 0 Å². The molecule has 16 heavy (non-hydrogen) atoms. The summed E-state index contributed by atoms with van der Waals surface area (Å²) in [4.78, 5) is 11.1. The first-order chi connectivity index (χ1) is 7.31. The molecule has 3 N–H and O–H groups in total. The van der Waals surface area contributed by atoms with Gasteiger partial charge >= 0.3 is 13.5 Å². The van der Waals surface area contributed by atoms with Gasteiger partial charge in [0.05, 0.1) is 0 Å². The lowest BCUT2D eigenvalue weighted by atomic mass is 10.2. The van der Waals surface area contributed by atoms with Crippen molar-refractivity contribution in [1.82, 2.24) is 15.3 Å². The number of hydrogen-bond acceptors (Lipinski definition) is 2. The SMILES string of the molecule is CCNP(=O)(NCC)NC(=O)C(F)(F)CC. The van der Waals surface area contributed by atoms with Gasteiger partial charge in [0.2, 0.25) is 0 Å². The molecule has 5 nitrogen and oxygen atoms in total. The highest BCUT2D eigenvalue weighted by Gasteiger charge is 2.39. The molecule has 0 saturated carbocycles. The highest BCUT2D eigenvalue weighted by atomic mass is 31.2. The van der Waals surface area contributed by atoms with Crippen LogP contribution in [-0.4, -0.2) is 24.9 Å². The molecule has 0 spiro atoms. The second-order valence-electron chi connectivity index (χ2n) is 3.13. The van der Waals surface area contributed by atoms with Crippen LogP contribution in [0.2, 0.25) is 0 Å². The summed E-state index contributed by atoms with van der Waals surface area (Å²) in [7, 11) is -3.46. The summed E-state index contributed by atoms with van der Waals surface area (Å²) in [6.07, 6.45) is -0.628. The van der Waals surface area contributed by atoms with Crippen LogP contribution in [0.25, 0.3) is 0 Å². The van der Waals surface area contributed by atoms with Gasteiger partial charge in [-0.05, 0) is 0 Å². The fraction of sp³-hybridized carbons (Fsp3) is 0.875. The predicted octanol–water partition coefficient (Wildman–Crippen LogP) is 1.47. The summed E-state index contributed by atoms with van der Waals surface area (Å²) in [6, 6.07) is 0. The van der Waals surface area contributed by atoms with Crippen LogP contribution in [-0.2, 0) is 9.36 Å². The van der Waals surface area contributed by atoms with E-state index < -0.39 is 25.8 Å². The molecule has 0 aliphatic carbocycles. The van der Waals surface area contributed by atoms with Gasteiger partial charge in [-0.3, -0.25) is 14.4 Å². The zero-order valence-corrected chi connectivity index (χ0v) is 10.5. The van der Waals surface area contributed by atoms with Crippen molar-refractivity contribution in [1.29, 1.82) is 0 Å². The van der Waals surface area contributed by atoms with E-state index in [4.69, 9.17) is 0 Å². The minimum Gasteiger partial charge on any atom is -0.278 e. The van der Waals surface area contributed by atoms with E-state index in [1.165, 1.54) is 6.92 Å². The summed E-state index contributed by atoms with van der Waals surface area (Å²) in [5.74, 6) is -5.03. The van der Waals surface area contributed by atoms with Gasteiger partial charge in [-0.15, -0.1) is 0 Å². The van der Waals surface area contributed by atoms with Crippen molar-refractivity contribution in [2.75, 3.05) is 13.1 Å². The van der Waals surface area contributed by atoms with Crippen molar-refractivity contribution >= 4 is 13.5 Å². The van der Waals surface area contributed by atoms with Gasteiger partial charge in [-0.25, -0.2) is 10.2 Å². The van der Waals surface area contributed by atoms with Crippen molar-refractivity contribution in [2.45, 2.75) is 33.1 Å². The Labute approximate surface area is 93.9 Å². The molecule has 0 radical (unpaired) electrons. The number of carbonyl (C=O) groups is 1.